The molecule has 1 fully saturated rings. The van der Waals surface area contributed by atoms with Crippen molar-refractivity contribution in [2.75, 3.05) is 49.4 Å². The molecule has 0 atom stereocenters. The molecular weight excluding hydrogens is 350 g/mol. The Labute approximate surface area is 155 Å². The van der Waals surface area contributed by atoms with Gasteiger partial charge in [-0.3, -0.25) is 9.62 Å². The van der Waals surface area contributed by atoms with Gasteiger partial charge in [0.15, 0.2) is 0 Å². The Hall–Kier alpha value is -2.09. The van der Waals surface area contributed by atoms with E-state index in [0.717, 1.165) is 50.6 Å². The maximum atomic E-state index is 12.4. The van der Waals surface area contributed by atoms with Gasteiger partial charge in [0, 0.05) is 37.6 Å². The zero-order valence-corrected chi connectivity index (χ0v) is 15.8. The minimum atomic E-state index is -3.56. The summed E-state index contributed by atoms with van der Waals surface area (Å²) in [6.45, 7) is 7.28. The summed E-state index contributed by atoms with van der Waals surface area (Å²) in [6.07, 6.45) is 0. The lowest BCUT2D eigenvalue weighted by Crippen LogP contribution is -2.38. The van der Waals surface area contributed by atoms with E-state index >= 15 is 0 Å². The van der Waals surface area contributed by atoms with Gasteiger partial charge in [0.2, 0.25) is 0 Å². The van der Waals surface area contributed by atoms with Crippen molar-refractivity contribution >= 4 is 21.4 Å². The van der Waals surface area contributed by atoms with E-state index in [9.17, 15) is 8.42 Å². The zero-order chi connectivity index (χ0) is 18.4. The maximum Gasteiger partial charge on any atom is 0.261 e. The van der Waals surface area contributed by atoms with Gasteiger partial charge in [-0.05, 0) is 43.3 Å². The number of hydrogen-bond acceptors (Lipinski definition) is 5. The third-order valence-electron chi connectivity index (χ3n) is 4.33. The Morgan fingerprint density at radius 1 is 0.962 bits per heavy atom. The summed E-state index contributed by atoms with van der Waals surface area (Å²) in [5, 5.41) is 3.36. The van der Waals surface area contributed by atoms with Crippen molar-refractivity contribution < 1.29 is 13.2 Å². The highest BCUT2D eigenvalue weighted by molar-refractivity contribution is 7.92. The molecule has 1 heterocycles. The third kappa shape index (κ3) is 5.20. The fraction of sp³-hybridized carbons (Fsp3) is 0.368. The predicted molar refractivity (Wildman–Crippen MR) is 104 cm³/mol. The number of anilines is 2. The van der Waals surface area contributed by atoms with Crippen molar-refractivity contribution in [2.24, 2.45) is 0 Å². The maximum absolute atomic E-state index is 12.4. The third-order valence-corrected chi connectivity index (χ3v) is 5.73. The van der Waals surface area contributed by atoms with E-state index in [4.69, 9.17) is 4.74 Å². The smallest absolute Gasteiger partial charge is 0.261 e. The van der Waals surface area contributed by atoms with Crippen LogP contribution in [0.4, 0.5) is 11.4 Å². The minimum Gasteiger partial charge on any atom is -0.384 e. The fourth-order valence-electron chi connectivity index (χ4n) is 2.77. The van der Waals surface area contributed by atoms with Crippen LogP contribution >= 0.6 is 0 Å². The number of ether oxygens (including phenoxy) is 1. The Morgan fingerprint density at radius 3 is 2.23 bits per heavy atom. The van der Waals surface area contributed by atoms with Gasteiger partial charge in [-0.2, -0.15) is 0 Å². The van der Waals surface area contributed by atoms with Crippen LogP contribution < -0.4 is 10.0 Å². The van der Waals surface area contributed by atoms with Crippen molar-refractivity contribution in [1.82, 2.24) is 4.90 Å². The molecule has 6 nitrogen and oxygen atoms in total. The highest BCUT2D eigenvalue weighted by atomic mass is 32.2. The summed E-state index contributed by atoms with van der Waals surface area (Å²) < 4.78 is 32.8. The van der Waals surface area contributed by atoms with E-state index < -0.39 is 10.0 Å². The highest BCUT2D eigenvalue weighted by Crippen LogP contribution is 2.18. The van der Waals surface area contributed by atoms with Crippen LogP contribution in [0.15, 0.2) is 53.4 Å². The first kappa shape index (κ1) is 18.7. The summed E-state index contributed by atoms with van der Waals surface area (Å²) in [7, 11) is -3.56. The average molecular weight is 375 g/mol. The molecule has 0 spiro atoms. The van der Waals surface area contributed by atoms with Gasteiger partial charge in [-0.25, -0.2) is 8.42 Å². The van der Waals surface area contributed by atoms with Crippen LogP contribution in [0.5, 0.6) is 0 Å². The number of benzene rings is 2. The molecule has 3 rings (SSSR count). The van der Waals surface area contributed by atoms with Gasteiger partial charge in [0.05, 0.1) is 18.1 Å². The zero-order valence-electron chi connectivity index (χ0n) is 14.9. The van der Waals surface area contributed by atoms with E-state index in [0.29, 0.717) is 5.69 Å². The van der Waals surface area contributed by atoms with Gasteiger partial charge in [0.25, 0.3) is 10.0 Å². The van der Waals surface area contributed by atoms with Gasteiger partial charge >= 0.3 is 0 Å². The van der Waals surface area contributed by atoms with Crippen molar-refractivity contribution in [3.8, 4) is 0 Å². The topological polar surface area (TPSA) is 70.7 Å². The molecular formula is C19H25N3O3S. The molecule has 0 aromatic heterocycles. The van der Waals surface area contributed by atoms with Crippen molar-refractivity contribution in [2.45, 2.75) is 11.8 Å². The molecule has 0 amide bonds. The largest absolute Gasteiger partial charge is 0.384 e. The van der Waals surface area contributed by atoms with Crippen LogP contribution in [0.1, 0.15) is 5.56 Å². The first-order chi connectivity index (χ1) is 12.5. The summed E-state index contributed by atoms with van der Waals surface area (Å²) in [6, 6.07) is 14.1. The summed E-state index contributed by atoms with van der Waals surface area (Å²) in [5.41, 5.74) is 2.54. The van der Waals surface area contributed by atoms with Gasteiger partial charge in [-0.15, -0.1) is 0 Å². The minimum absolute atomic E-state index is 0.260. The van der Waals surface area contributed by atoms with E-state index in [1.807, 2.05) is 19.1 Å². The van der Waals surface area contributed by atoms with E-state index in [-0.39, 0.29) is 4.90 Å². The lowest BCUT2D eigenvalue weighted by molar-refractivity contribution is 0.0398. The van der Waals surface area contributed by atoms with E-state index in [1.54, 1.807) is 36.4 Å². The quantitative estimate of drug-likeness (QED) is 0.778. The van der Waals surface area contributed by atoms with E-state index in [1.165, 1.54) is 0 Å². The molecule has 2 aromatic rings. The van der Waals surface area contributed by atoms with Crippen molar-refractivity contribution in [3.05, 3.63) is 54.1 Å². The fourth-order valence-corrected chi connectivity index (χ4v) is 3.83. The number of aryl methyl sites for hydroxylation is 1. The molecule has 1 aliphatic heterocycles. The Morgan fingerprint density at radius 2 is 1.58 bits per heavy atom. The average Bonchev–Trinajstić information content (AvgIpc) is 2.64. The molecule has 0 bridgehead atoms. The first-order valence-electron chi connectivity index (χ1n) is 8.76. The number of nitrogens with zero attached hydrogens (tertiary/aromatic N) is 1. The lowest BCUT2D eigenvalue weighted by atomic mass is 10.2. The Balaban J connectivity index is 1.53. The van der Waals surface area contributed by atoms with E-state index in [2.05, 4.69) is 14.9 Å². The molecule has 26 heavy (non-hydrogen) atoms. The van der Waals surface area contributed by atoms with Crippen LogP contribution in [-0.4, -0.2) is 52.7 Å². The number of morpholine rings is 1. The monoisotopic (exact) mass is 375 g/mol. The number of nitrogens with one attached hydrogen (secondary N) is 2. The molecule has 1 aliphatic rings. The second-order valence-electron chi connectivity index (χ2n) is 6.38. The molecule has 2 N–H and O–H groups in total. The Bertz CT molecular complexity index is 799. The molecule has 140 valence electrons. The molecule has 0 radical (unpaired) electrons. The second-order valence-corrected chi connectivity index (χ2v) is 8.06. The molecule has 7 heteroatoms. The van der Waals surface area contributed by atoms with Crippen molar-refractivity contribution in [1.29, 1.82) is 0 Å². The lowest BCUT2D eigenvalue weighted by Gasteiger charge is -2.26. The summed E-state index contributed by atoms with van der Waals surface area (Å²) >= 11 is 0. The van der Waals surface area contributed by atoms with Gasteiger partial charge < -0.3 is 10.1 Å². The summed E-state index contributed by atoms with van der Waals surface area (Å²) in [4.78, 5) is 2.62. The normalized spacial score (nSPS) is 15.6. The van der Waals surface area contributed by atoms with Crippen molar-refractivity contribution in [3.63, 3.8) is 0 Å². The van der Waals surface area contributed by atoms with Crippen LogP contribution in [0, 0.1) is 6.92 Å². The molecule has 0 unspecified atom stereocenters. The van der Waals surface area contributed by atoms with Gasteiger partial charge in [-0.1, -0.05) is 17.7 Å². The number of sulfonamides is 1. The second kappa shape index (κ2) is 8.53. The predicted octanol–water partition coefficient (Wildman–Crippen LogP) is 2.54. The standard InChI is InChI=1S/C19H25N3O3S/c1-16-2-8-19(9-3-16)26(23,24)21-18-6-4-17(5-7-18)20-10-11-22-12-14-25-15-13-22/h2-9,20-21H,10-15H2,1H3. The molecule has 0 saturated carbocycles. The summed E-state index contributed by atoms with van der Waals surface area (Å²) in [5.74, 6) is 0. The molecule has 0 aliphatic carbocycles. The number of hydrogen-bond donors (Lipinski definition) is 2. The Kier molecular flexibility index (Phi) is 6.13. The van der Waals surface area contributed by atoms with Crippen LogP contribution in [0.3, 0.4) is 0 Å². The van der Waals surface area contributed by atoms with Gasteiger partial charge in [0.1, 0.15) is 0 Å². The number of rotatable bonds is 7. The van der Waals surface area contributed by atoms with Crippen LogP contribution in [-0.2, 0) is 14.8 Å². The first-order valence-corrected chi connectivity index (χ1v) is 10.2. The van der Waals surface area contributed by atoms with Crippen LogP contribution in [0.25, 0.3) is 0 Å². The molecule has 1 saturated heterocycles. The highest BCUT2D eigenvalue weighted by Gasteiger charge is 2.13. The SMILES string of the molecule is Cc1ccc(S(=O)(=O)Nc2ccc(NCCN3CCOCC3)cc2)cc1. The molecule has 2 aromatic carbocycles. The van der Waals surface area contributed by atoms with Crippen LogP contribution in [0.2, 0.25) is 0 Å².